The van der Waals surface area contributed by atoms with Gasteiger partial charge in [0.05, 0.1) is 6.54 Å². The first-order chi connectivity index (χ1) is 7.08. The van der Waals surface area contributed by atoms with Crippen molar-refractivity contribution in [1.29, 1.82) is 0 Å². The van der Waals surface area contributed by atoms with E-state index >= 15 is 0 Å². The SMILES string of the molecule is CC(C)CNC(=O)CN1CCC[C@@H](N)C1.Cl. The van der Waals surface area contributed by atoms with Crippen LogP contribution in [0.15, 0.2) is 0 Å². The van der Waals surface area contributed by atoms with Crippen molar-refractivity contribution in [3.8, 4) is 0 Å². The van der Waals surface area contributed by atoms with Gasteiger partial charge in [-0.2, -0.15) is 0 Å². The standard InChI is InChI=1S/C11H23N3O.ClH/c1-9(2)6-13-11(15)8-14-5-3-4-10(12)7-14;/h9-10H,3-8,12H2,1-2H3,(H,13,15);1H/t10-;/m1./s1. The Balaban J connectivity index is 0.00000225. The topological polar surface area (TPSA) is 58.4 Å². The van der Waals surface area contributed by atoms with E-state index in [0.717, 1.165) is 32.5 Å². The van der Waals surface area contributed by atoms with Gasteiger partial charge in [0.1, 0.15) is 0 Å². The summed E-state index contributed by atoms with van der Waals surface area (Å²) >= 11 is 0. The third-order valence-electron chi connectivity index (χ3n) is 2.62. The number of hydrogen-bond acceptors (Lipinski definition) is 3. The molecule has 0 aromatic carbocycles. The third-order valence-corrected chi connectivity index (χ3v) is 2.62. The Hall–Kier alpha value is -0.320. The van der Waals surface area contributed by atoms with Crippen LogP contribution in [0.5, 0.6) is 0 Å². The zero-order valence-corrected chi connectivity index (χ0v) is 11.1. The van der Waals surface area contributed by atoms with Crippen LogP contribution in [-0.2, 0) is 4.79 Å². The van der Waals surface area contributed by atoms with Crippen molar-refractivity contribution in [2.75, 3.05) is 26.2 Å². The molecule has 96 valence electrons. The molecule has 1 amide bonds. The zero-order chi connectivity index (χ0) is 11.3. The molecule has 0 saturated carbocycles. The highest BCUT2D eigenvalue weighted by Crippen LogP contribution is 2.07. The molecule has 0 spiro atoms. The number of halogens is 1. The third kappa shape index (κ3) is 6.30. The van der Waals surface area contributed by atoms with Crippen LogP contribution in [0, 0.1) is 5.92 Å². The number of rotatable bonds is 4. The second-order valence-electron chi connectivity index (χ2n) is 4.84. The number of likely N-dealkylation sites (tertiary alicyclic amines) is 1. The van der Waals surface area contributed by atoms with Crippen LogP contribution >= 0.6 is 12.4 Å². The van der Waals surface area contributed by atoms with Crippen LogP contribution in [0.2, 0.25) is 0 Å². The van der Waals surface area contributed by atoms with E-state index in [2.05, 4.69) is 24.1 Å². The van der Waals surface area contributed by atoms with Gasteiger partial charge in [0.25, 0.3) is 0 Å². The van der Waals surface area contributed by atoms with E-state index < -0.39 is 0 Å². The average Bonchev–Trinajstić information content (AvgIpc) is 2.15. The van der Waals surface area contributed by atoms with Crippen LogP contribution in [0.4, 0.5) is 0 Å². The van der Waals surface area contributed by atoms with Crippen molar-refractivity contribution in [3.63, 3.8) is 0 Å². The molecule has 16 heavy (non-hydrogen) atoms. The molecular formula is C11H24ClN3O. The van der Waals surface area contributed by atoms with E-state index in [9.17, 15) is 4.79 Å². The van der Waals surface area contributed by atoms with Gasteiger partial charge in [-0.15, -0.1) is 12.4 Å². The lowest BCUT2D eigenvalue weighted by atomic mass is 10.1. The van der Waals surface area contributed by atoms with Crippen LogP contribution in [0.1, 0.15) is 26.7 Å². The lowest BCUT2D eigenvalue weighted by Gasteiger charge is -2.30. The van der Waals surface area contributed by atoms with Crippen molar-refractivity contribution in [3.05, 3.63) is 0 Å². The van der Waals surface area contributed by atoms with E-state index in [4.69, 9.17) is 5.73 Å². The van der Waals surface area contributed by atoms with Gasteiger partial charge in [-0.1, -0.05) is 13.8 Å². The molecule has 1 saturated heterocycles. The Morgan fingerprint density at radius 1 is 1.56 bits per heavy atom. The molecule has 1 fully saturated rings. The highest BCUT2D eigenvalue weighted by Gasteiger charge is 2.18. The number of carbonyl (C=O) groups excluding carboxylic acids is 1. The summed E-state index contributed by atoms with van der Waals surface area (Å²) in [6.45, 7) is 7.31. The first kappa shape index (κ1) is 15.7. The highest BCUT2D eigenvalue weighted by atomic mass is 35.5. The largest absolute Gasteiger partial charge is 0.355 e. The molecule has 0 bridgehead atoms. The lowest BCUT2D eigenvalue weighted by Crippen LogP contribution is -2.47. The van der Waals surface area contributed by atoms with Crippen LogP contribution < -0.4 is 11.1 Å². The molecular weight excluding hydrogens is 226 g/mol. The number of nitrogens with zero attached hydrogens (tertiary/aromatic N) is 1. The summed E-state index contributed by atoms with van der Waals surface area (Å²) in [5.41, 5.74) is 5.85. The lowest BCUT2D eigenvalue weighted by molar-refractivity contribution is -0.122. The zero-order valence-electron chi connectivity index (χ0n) is 10.2. The number of amides is 1. The molecule has 1 heterocycles. The van der Waals surface area contributed by atoms with Crippen molar-refractivity contribution in [2.45, 2.75) is 32.7 Å². The van der Waals surface area contributed by atoms with E-state index in [1.807, 2.05) is 0 Å². The van der Waals surface area contributed by atoms with Gasteiger partial charge in [-0.25, -0.2) is 0 Å². The Morgan fingerprint density at radius 3 is 2.81 bits per heavy atom. The molecule has 1 atom stereocenters. The van der Waals surface area contributed by atoms with Gasteiger partial charge >= 0.3 is 0 Å². The molecule has 5 heteroatoms. The second kappa shape index (κ2) is 7.87. The van der Waals surface area contributed by atoms with E-state index in [-0.39, 0.29) is 24.4 Å². The van der Waals surface area contributed by atoms with Gasteiger partial charge in [0, 0.05) is 19.1 Å². The van der Waals surface area contributed by atoms with Gasteiger partial charge < -0.3 is 11.1 Å². The molecule has 1 aliphatic heterocycles. The fraction of sp³-hybridized carbons (Fsp3) is 0.909. The van der Waals surface area contributed by atoms with Crippen molar-refractivity contribution < 1.29 is 4.79 Å². The van der Waals surface area contributed by atoms with Gasteiger partial charge in [0.15, 0.2) is 0 Å². The van der Waals surface area contributed by atoms with Crippen molar-refractivity contribution >= 4 is 18.3 Å². The molecule has 1 rings (SSSR count). The van der Waals surface area contributed by atoms with Crippen molar-refractivity contribution in [2.24, 2.45) is 11.7 Å². The summed E-state index contributed by atoms with van der Waals surface area (Å²) in [5, 5.41) is 2.92. The number of piperidine rings is 1. The summed E-state index contributed by atoms with van der Waals surface area (Å²) in [6, 6.07) is 0.247. The predicted octanol–water partition coefficient (Wildman–Crippen LogP) is 0.604. The smallest absolute Gasteiger partial charge is 0.234 e. The normalized spacial score (nSPS) is 21.6. The second-order valence-corrected chi connectivity index (χ2v) is 4.84. The molecule has 0 aromatic rings. The summed E-state index contributed by atoms with van der Waals surface area (Å²) in [7, 11) is 0. The van der Waals surface area contributed by atoms with E-state index in [1.54, 1.807) is 0 Å². The summed E-state index contributed by atoms with van der Waals surface area (Å²) in [4.78, 5) is 13.7. The predicted molar refractivity (Wildman–Crippen MR) is 68.7 cm³/mol. The minimum Gasteiger partial charge on any atom is -0.355 e. The number of nitrogens with one attached hydrogen (secondary N) is 1. The first-order valence-corrected chi connectivity index (χ1v) is 5.82. The molecule has 3 N–H and O–H groups in total. The molecule has 0 radical (unpaired) electrons. The van der Waals surface area contributed by atoms with Crippen LogP contribution in [-0.4, -0.2) is 43.0 Å². The average molecular weight is 250 g/mol. The molecule has 0 aromatic heterocycles. The Morgan fingerprint density at radius 2 is 2.25 bits per heavy atom. The molecule has 1 aliphatic rings. The van der Waals surface area contributed by atoms with E-state index in [0.29, 0.717) is 12.5 Å². The molecule has 4 nitrogen and oxygen atoms in total. The fourth-order valence-corrected chi connectivity index (χ4v) is 1.81. The number of nitrogens with two attached hydrogens (primary N) is 1. The number of hydrogen-bond donors (Lipinski definition) is 2. The first-order valence-electron chi connectivity index (χ1n) is 5.82. The minimum atomic E-state index is 0. The summed E-state index contributed by atoms with van der Waals surface area (Å²) in [5.74, 6) is 0.635. The quantitative estimate of drug-likeness (QED) is 0.767. The maximum Gasteiger partial charge on any atom is 0.234 e. The minimum absolute atomic E-state index is 0. The van der Waals surface area contributed by atoms with Gasteiger partial charge in [-0.05, 0) is 25.3 Å². The van der Waals surface area contributed by atoms with Crippen LogP contribution in [0.25, 0.3) is 0 Å². The summed E-state index contributed by atoms with van der Waals surface area (Å²) < 4.78 is 0. The maximum atomic E-state index is 11.5. The van der Waals surface area contributed by atoms with Crippen molar-refractivity contribution in [1.82, 2.24) is 10.2 Å². The van der Waals surface area contributed by atoms with Crippen LogP contribution in [0.3, 0.4) is 0 Å². The summed E-state index contributed by atoms with van der Waals surface area (Å²) in [6.07, 6.45) is 2.20. The Labute approximate surface area is 104 Å². The molecule has 0 aliphatic carbocycles. The molecule has 0 unspecified atom stereocenters. The number of carbonyl (C=O) groups is 1. The fourth-order valence-electron chi connectivity index (χ4n) is 1.81. The Bertz CT molecular complexity index is 211. The van der Waals surface area contributed by atoms with Gasteiger partial charge in [-0.3, -0.25) is 9.69 Å². The maximum absolute atomic E-state index is 11.5. The highest BCUT2D eigenvalue weighted by molar-refractivity contribution is 5.85. The van der Waals surface area contributed by atoms with Gasteiger partial charge in [0.2, 0.25) is 5.91 Å². The Kier molecular flexibility index (Phi) is 7.72. The van der Waals surface area contributed by atoms with E-state index in [1.165, 1.54) is 0 Å². The monoisotopic (exact) mass is 249 g/mol.